The summed E-state index contributed by atoms with van der Waals surface area (Å²) in [5.41, 5.74) is 2.79. The molecule has 126 valence electrons. The molecule has 0 aliphatic carbocycles. The lowest BCUT2D eigenvalue weighted by Crippen LogP contribution is -2.46. The summed E-state index contributed by atoms with van der Waals surface area (Å²) in [4.78, 5) is 7.43. The van der Waals surface area contributed by atoms with Crippen molar-refractivity contribution in [2.75, 3.05) is 51.2 Å². The van der Waals surface area contributed by atoms with Crippen LogP contribution in [0.2, 0.25) is 0 Å². The third-order valence-corrected chi connectivity index (χ3v) is 4.25. The summed E-state index contributed by atoms with van der Waals surface area (Å²) in [6.45, 7) is 14.9. The van der Waals surface area contributed by atoms with Gasteiger partial charge in [0.1, 0.15) is 0 Å². The molecule has 1 saturated heterocycles. The minimum atomic E-state index is 0. The number of hydrogen-bond acceptors (Lipinski definition) is 3. The van der Waals surface area contributed by atoms with E-state index in [1.807, 2.05) is 0 Å². The lowest BCUT2D eigenvalue weighted by Gasteiger charge is -2.35. The molecule has 0 bridgehead atoms. The molecule has 0 unspecified atom stereocenters. The van der Waals surface area contributed by atoms with E-state index in [1.165, 1.54) is 30.9 Å². The van der Waals surface area contributed by atoms with Gasteiger partial charge in [-0.15, -0.1) is 0 Å². The fourth-order valence-corrected chi connectivity index (χ4v) is 3.13. The van der Waals surface area contributed by atoms with Crippen LogP contribution < -0.4 is 4.90 Å². The van der Waals surface area contributed by atoms with Gasteiger partial charge < -0.3 is 14.7 Å². The Morgan fingerprint density at radius 2 is 1.64 bits per heavy atom. The van der Waals surface area contributed by atoms with Crippen molar-refractivity contribution in [3.8, 4) is 0 Å². The van der Waals surface area contributed by atoms with Crippen LogP contribution in [0.5, 0.6) is 0 Å². The maximum absolute atomic E-state index is 2.52. The van der Waals surface area contributed by atoms with Crippen molar-refractivity contribution in [3.63, 3.8) is 0 Å². The van der Waals surface area contributed by atoms with Crippen LogP contribution in [-0.2, 0) is 6.54 Å². The van der Waals surface area contributed by atoms with Crippen molar-refractivity contribution < 1.29 is 0 Å². The molecule has 0 aromatic heterocycles. The summed E-state index contributed by atoms with van der Waals surface area (Å²) in [6.07, 6.45) is 0. The zero-order valence-electron chi connectivity index (χ0n) is 14.7. The Labute approximate surface area is 143 Å². The highest BCUT2D eigenvalue weighted by molar-refractivity contribution is 7.59. The molecule has 1 aliphatic rings. The summed E-state index contributed by atoms with van der Waals surface area (Å²) < 4.78 is 0. The Balaban J connectivity index is 0.00000242. The molecule has 0 saturated carbocycles. The summed E-state index contributed by atoms with van der Waals surface area (Å²) in [6, 6.07) is 9.16. The fourth-order valence-electron chi connectivity index (χ4n) is 3.13. The zero-order valence-corrected chi connectivity index (χ0v) is 15.7. The Bertz CT molecular complexity index is 411. The number of piperazine rings is 1. The van der Waals surface area contributed by atoms with E-state index in [4.69, 9.17) is 0 Å². The molecular formula is C18H33N3S. The first-order valence-corrected chi connectivity index (χ1v) is 8.33. The summed E-state index contributed by atoms with van der Waals surface area (Å²) in [5.74, 6) is 0.726. The van der Waals surface area contributed by atoms with E-state index in [0.717, 1.165) is 32.1 Å². The second-order valence-electron chi connectivity index (χ2n) is 6.68. The minimum absolute atomic E-state index is 0. The molecule has 0 radical (unpaired) electrons. The van der Waals surface area contributed by atoms with E-state index in [0.29, 0.717) is 0 Å². The van der Waals surface area contributed by atoms with Crippen LogP contribution in [0.15, 0.2) is 24.3 Å². The standard InChI is InChI=1S/C18H31N3.H2S/c1-5-20-10-12-21(13-11-20)18-8-6-17(7-9-18)15-19(4)14-16(2)3;/h6-9,16H,5,10-15H2,1-4H3;1H2. The Hall–Kier alpha value is -0.710. The number of nitrogens with zero attached hydrogens (tertiary/aromatic N) is 3. The van der Waals surface area contributed by atoms with E-state index in [-0.39, 0.29) is 13.5 Å². The van der Waals surface area contributed by atoms with Crippen LogP contribution in [0.3, 0.4) is 0 Å². The van der Waals surface area contributed by atoms with Gasteiger partial charge in [0.25, 0.3) is 0 Å². The molecule has 1 aliphatic heterocycles. The zero-order chi connectivity index (χ0) is 15.2. The van der Waals surface area contributed by atoms with Crippen molar-refractivity contribution in [2.45, 2.75) is 27.3 Å². The smallest absolute Gasteiger partial charge is 0.0367 e. The van der Waals surface area contributed by atoms with Gasteiger partial charge in [0, 0.05) is 45.0 Å². The van der Waals surface area contributed by atoms with Gasteiger partial charge in [0.2, 0.25) is 0 Å². The maximum atomic E-state index is 2.52. The molecule has 0 atom stereocenters. The van der Waals surface area contributed by atoms with Crippen LogP contribution in [0.25, 0.3) is 0 Å². The van der Waals surface area contributed by atoms with Gasteiger partial charge in [-0.3, -0.25) is 0 Å². The summed E-state index contributed by atoms with van der Waals surface area (Å²) in [7, 11) is 2.21. The van der Waals surface area contributed by atoms with Crippen molar-refractivity contribution in [2.24, 2.45) is 5.92 Å². The topological polar surface area (TPSA) is 9.72 Å². The van der Waals surface area contributed by atoms with E-state index < -0.39 is 0 Å². The lowest BCUT2D eigenvalue weighted by molar-refractivity contribution is 0.271. The molecule has 0 N–H and O–H groups in total. The molecule has 22 heavy (non-hydrogen) atoms. The monoisotopic (exact) mass is 323 g/mol. The third-order valence-electron chi connectivity index (χ3n) is 4.25. The average Bonchev–Trinajstić information content (AvgIpc) is 2.47. The molecule has 1 heterocycles. The number of hydrogen-bond donors (Lipinski definition) is 0. The molecule has 1 aromatic carbocycles. The molecule has 0 spiro atoms. The molecule has 1 aromatic rings. The number of benzene rings is 1. The van der Waals surface area contributed by atoms with Gasteiger partial charge in [0.15, 0.2) is 0 Å². The highest BCUT2D eigenvalue weighted by Crippen LogP contribution is 2.18. The molecule has 4 heteroatoms. The number of anilines is 1. The number of rotatable bonds is 6. The third kappa shape index (κ3) is 5.82. The molecule has 3 nitrogen and oxygen atoms in total. The second kappa shape index (κ2) is 9.43. The predicted molar refractivity (Wildman–Crippen MR) is 102 cm³/mol. The van der Waals surface area contributed by atoms with Gasteiger partial charge in [-0.2, -0.15) is 13.5 Å². The van der Waals surface area contributed by atoms with Gasteiger partial charge >= 0.3 is 0 Å². The van der Waals surface area contributed by atoms with Crippen LogP contribution in [0.4, 0.5) is 5.69 Å². The quantitative estimate of drug-likeness (QED) is 0.797. The SMILES string of the molecule is CCN1CCN(c2ccc(CN(C)CC(C)C)cc2)CC1.S. The van der Waals surface area contributed by atoms with E-state index >= 15 is 0 Å². The largest absolute Gasteiger partial charge is 0.369 e. The van der Waals surface area contributed by atoms with Crippen molar-refractivity contribution in [1.29, 1.82) is 0 Å². The van der Waals surface area contributed by atoms with Gasteiger partial charge in [-0.1, -0.05) is 32.9 Å². The molecule has 2 rings (SSSR count). The summed E-state index contributed by atoms with van der Waals surface area (Å²) in [5, 5.41) is 0. The van der Waals surface area contributed by atoms with Crippen LogP contribution in [0.1, 0.15) is 26.3 Å². The highest BCUT2D eigenvalue weighted by Gasteiger charge is 2.15. The van der Waals surface area contributed by atoms with E-state index in [1.54, 1.807) is 0 Å². The van der Waals surface area contributed by atoms with Crippen LogP contribution in [0, 0.1) is 5.92 Å². The lowest BCUT2D eigenvalue weighted by atomic mass is 10.1. The first-order valence-electron chi connectivity index (χ1n) is 8.33. The first kappa shape index (κ1) is 19.3. The number of likely N-dealkylation sites (N-methyl/N-ethyl adjacent to an activating group) is 1. The van der Waals surface area contributed by atoms with Crippen LogP contribution in [-0.4, -0.2) is 56.1 Å². The Kier molecular flexibility index (Phi) is 8.29. The average molecular weight is 324 g/mol. The normalized spacial score (nSPS) is 16.2. The van der Waals surface area contributed by atoms with Gasteiger partial charge in [-0.25, -0.2) is 0 Å². The fraction of sp³-hybridized carbons (Fsp3) is 0.667. The Morgan fingerprint density at radius 1 is 1.05 bits per heavy atom. The first-order chi connectivity index (χ1) is 10.1. The second-order valence-corrected chi connectivity index (χ2v) is 6.68. The van der Waals surface area contributed by atoms with Gasteiger partial charge in [0.05, 0.1) is 0 Å². The van der Waals surface area contributed by atoms with E-state index in [9.17, 15) is 0 Å². The predicted octanol–water partition coefficient (Wildman–Crippen LogP) is 3.03. The van der Waals surface area contributed by atoms with Crippen molar-refractivity contribution in [3.05, 3.63) is 29.8 Å². The minimum Gasteiger partial charge on any atom is -0.369 e. The molecule has 0 amide bonds. The van der Waals surface area contributed by atoms with Crippen molar-refractivity contribution in [1.82, 2.24) is 9.80 Å². The maximum Gasteiger partial charge on any atom is 0.0367 e. The Morgan fingerprint density at radius 3 is 2.14 bits per heavy atom. The molecule has 1 fully saturated rings. The van der Waals surface area contributed by atoms with Crippen LogP contribution >= 0.6 is 13.5 Å². The highest BCUT2D eigenvalue weighted by atomic mass is 32.1. The summed E-state index contributed by atoms with van der Waals surface area (Å²) >= 11 is 0. The van der Waals surface area contributed by atoms with E-state index in [2.05, 4.69) is 66.8 Å². The molecular weight excluding hydrogens is 290 g/mol. The van der Waals surface area contributed by atoms with Gasteiger partial charge in [-0.05, 0) is 37.2 Å². The van der Waals surface area contributed by atoms with Crippen molar-refractivity contribution >= 4 is 19.2 Å².